The molecular formula is C7H16N2O4. The van der Waals surface area contributed by atoms with Crippen molar-refractivity contribution in [3.63, 3.8) is 0 Å². The molecule has 0 bridgehead atoms. The Morgan fingerprint density at radius 2 is 1.38 bits per heavy atom. The Hall–Kier alpha value is -1.40. The average Bonchev–Trinajstić information content (AvgIpc) is 2.10. The number of carbonyl (C=O) groups is 2. The van der Waals surface area contributed by atoms with Crippen LogP contribution < -0.4 is 21.7 Å². The zero-order valence-corrected chi connectivity index (χ0v) is 8.12. The predicted octanol–water partition coefficient (Wildman–Crippen LogP) is -4.85. The largest absolute Gasteiger partial charge is 0.545 e. The molecular weight excluding hydrogens is 176 g/mol. The van der Waals surface area contributed by atoms with E-state index in [-0.39, 0.29) is 5.57 Å². The summed E-state index contributed by atoms with van der Waals surface area (Å²) in [4.78, 5) is 19.4. The van der Waals surface area contributed by atoms with Crippen LogP contribution in [0.25, 0.3) is 0 Å². The summed E-state index contributed by atoms with van der Waals surface area (Å²) in [5.41, 5.74) is 6.15. The highest BCUT2D eigenvalue weighted by atomic mass is 16.4. The zero-order chi connectivity index (χ0) is 11.4. The molecule has 78 valence electrons. The maximum atomic E-state index is 9.76. The molecule has 13 heavy (non-hydrogen) atoms. The molecule has 0 heterocycles. The van der Waals surface area contributed by atoms with Crippen LogP contribution in [0.2, 0.25) is 0 Å². The van der Waals surface area contributed by atoms with E-state index in [1.54, 1.807) is 14.1 Å². The maximum Gasteiger partial charge on any atom is 0.0672 e. The van der Waals surface area contributed by atoms with E-state index in [2.05, 4.69) is 11.5 Å². The van der Waals surface area contributed by atoms with Gasteiger partial charge in [0.1, 0.15) is 0 Å². The minimum atomic E-state index is -1.53. The summed E-state index contributed by atoms with van der Waals surface area (Å²) in [6.45, 7) is 1.12. The summed E-state index contributed by atoms with van der Waals surface area (Å²) in [5.74, 6) is -3.03. The smallest absolute Gasteiger partial charge is 0.0672 e. The minimum Gasteiger partial charge on any atom is -0.545 e. The fourth-order valence-corrected chi connectivity index (χ4v) is 0.236. The summed E-state index contributed by atoms with van der Waals surface area (Å²) in [5, 5.41) is 19.4. The predicted molar refractivity (Wildman–Crippen MR) is 41.4 cm³/mol. The monoisotopic (exact) mass is 192 g/mol. The average molecular weight is 192 g/mol. The van der Waals surface area contributed by atoms with E-state index in [1.807, 2.05) is 0 Å². The molecule has 0 saturated carbocycles. The first-order chi connectivity index (χ1) is 6.04. The molecule has 0 amide bonds. The van der Waals surface area contributed by atoms with Gasteiger partial charge in [0.25, 0.3) is 0 Å². The zero-order valence-electron chi connectivity index (χ0n) is 8.12. The van der Waals surface area contributed by atoms with E-state index in [4.69, 9.17) is 0 Å². The van der Waals surface area contributed by atoms with Gasteiger partial charge in [-0.05, 0) is 18.6 Å². The highest BCUT2D eigenvalue weighted by Gasteiger charge is 1.86. The topological polar surface area (TPSA) is 136 Å². The third kappa shape index (κ3) is 18.0. The number of hydrogen-bond donors (Lipinski definition) is 2. The second-order valence-electron chi connectivity index (χ2n) is 1.43. The van der Waals surface area contributed by atoms with Crippen molar-refractivity contribution in [2.24, 2.45) is 0 Å². The summed E-state index contributed by atoms with van der Waals surface area (Å²) in [6.07, 6.45) is 0.468. The van der Waals surface area contributed by atoms with Crippen molar-refractivity contribution in [1.82, 2.24) is 0 Å². The van der Waals surface area contributed by atoms with Crippen molar-refractivity contribution in [2.75, 3.05) is 14.1 Å². The molecule has 6 heteroatoms. The van der Waals surface area contributed by atoms with Crippen LogP contribution in [0.3, 0.4) is 0 Å². The van der Waals surface area contributed by atoms with Crippen molar-refractivity contribution in [3.05, 3.63) is 11.6 Å². The van der Waals surface area contributed by atoms with Crippen LogP contribution in [-0.4, -0.2) is 26.0 Å². The van der Waals surface area contributed by atoms with Crippen LogP contribution in [0.5, 0.6) is 0 Å². The number of carbonyl (C=O) groups excluding carboxylic acids is 2. The van der Waals surface area contributed by atoms with Crippen LogP contribution in [0, 0.1) is 0 Å². The van der Waals surface area contributed by atoms with Crippen molar-refractivity contribution in [2.45, 2.75) is 6.92 Å². The SMILES string of the molecule is C/C(=C\C(=O)[O-])C(=O)[O-].C[NH3+].C[NH3+]. The van der Waals surface area contributed by atoms with Gasteiger partial charge in [0, 0.05) is 0 Å². The Bertz CT molecular complexity index is 177. The molecule has 0 aliphatic rings. The first-order valence-corrected chi connectivity index (χ1v) is 3.56. The van der Waals surface area contributed by atoms with E-state index >= 15 is 0 Å². The normalized spacial score (nSPS) is 8.54. The molecule has 6 N–H and O–H groups in total. The summed E-state index contributed by atoms with van der Waals surface area (Å²) < 4.78 is 0. The number of hydrogen-bond acceptors (Lipinski definition) is 4. The molecule has 0 spiro atoms. The Balaban J connectivity index is -0.000000218. The minimum absolute atomic E-state index is 0.352. The Kier molecular flexibility index (Phi) is 17.9. The van der Waals surface area contributed by atoms with Gasteiger partial charge in [-0.2, -0.15) is 0 Å². The van der Waals surface area contributed by atoms with Gasteiger partial charge in [-0.15, -0.1) is 0 Å². The summed E-state index contributed by atoms with van der Waals surface area (Å²) in [7, 11) is 3.50. The standard InChI is InChI=1S/C5H6O4.2CH5N/c1-3(5(8)9)2-4(6)7;2*1-2/h2H,1H3,(H,6,7)(H,8,9);2*2H2,1H3/b3-2+;;. The molecule has 0 aliphatic carbocycles. The molecule has 0 aromatic rings. The van der Waals surface area contributed by atoms with Crippen LogP contribution in [-0.2, 0) is 9.59 Å². The molecule has 0 radical (unpaired) electrons. The number of quaternary nitrogens is 2. The lowest BCUT2D eigenvalue weighted by atomic mass is 10.3. The third-order valence-corrected chi connectivity index (χ3v) is 0.656. The van der Waals surface area contributed by atoms with E-state index in [9.17, 15) is 19.8 Å². The summed E-state index contributed by atoms with van der Waals surface area (Å²) in [6, 6.07) is 0. The second-order valence-corrected chi connectivity index (χ2v) is 1.43. The molecule has 0 aliphatic heterocycles. The van der Waals surface area contributed by atoms with E-state index in [1.165, 1.54) is 0 Å². The molecule has 0 fully saturated rings. The number of carboxylic acids is 2. The number of carboxylic acid groups (broad SMARTS) is 2. The van der Waals surface area contributed by atoms with E-state index in [0.29, 0.717) is 6.08 Å². The van der Waals surface area contributed by atoms with Gasteiger partial charge in [-0.25, -0.2) is 0 Å². The van der Waals surface area contributed by atoms with Gasteiger partial charge < -0.3 is 31.3 Å². The van der Waals surface area contributed by atoms with Crippen LogP contribution >= 0.6 is 0 Å². The lowest BCUT2D eigenvalue weighted by Gasteiger charge is -2.00. The number of rotatable bonds is 2. The van der Waals surface area contributed by atoms with Gasteiger partial charge in [-0.1, -0.05) is 0 Å². The van der Waals surface area contributed by atoms with Crippen molar-refractivity contribution < 1.29 is 31.3 Å². The first kappa shape index (κ1) is 17.6. The third-order valence-electron chi connectivity index (χ3n) is 0.656. The van der Waals surface area contributed by atoms with Crippen molar-refractivity contribution in [1.29, 1.82) is 0 Å². The Morgan fingerprint density at radius 1 is 1.08 bits per heavy atom. The highest BCUT2D eigenvalue weighted by molar-refractivity contribution is 5.92. The first-order valence-electron chi connectivity index (χ1n) is 3.56. The molecule has 0 aromatic heterocycles. The van der Waals surface area contributed by atoms with Crippen LogP contribution in [0.1, 0.15) is 6.92 Å². The van der Waals surface area contributed by atoms with Gasteiger partial charge in [0.2, 0.25) is 0 Å². The maximum absolute atomic E-state index is 9.76. The molecule has 6 nitrogen and oxygen atoms in total. The quantitative estimate of drug-likeness (QED) is 0.424. The molecule has 0 atom stereocenters. The molecule has 0 unspecified atom stereocenters. The highest BCUT2D eigenvalue weighted by Crippen LogP contribution is 1.86. The fraction of sp³-hybridized carbons (Fsp3) is 0.429. The van der Waals surface area contributed by atoms with Crippen molar-refractivity contribution in [3.8, 4) is 0 Å². The van der Waals surface area contributed by atoms with Crippen LogP contribution in [0.15, 0.2) is 11.6 Å². The Labute approximate surface area is 76.8 Å². The van der Waals surface area contributed by atoms with Gasteiger partial charge in [0.05, 0.1) is 26.0 Å². The molecule has 0 rings (SSSR count). The number of aliphatic carboxylic acids is 2. The van der Waals surface area contributed by atoms with Crippen molar-refractivity contribution >= 4 is 11.9 Å². The molecule has 0 saturated heterocycles. The molecule has 0 aromatic carbocycles. The van der Waals surface area contributed by atoms with E-state index < -0.39 is 11.9 Å². The van der Waals surface area contributed by atoms with E-state index in [0.717, 1.165) is 6.92 Å². The van der Waals surface area contributed by atoms with Gasteiger partial charge >= 0.3 is 0 Å². The summed E-state index contributed by atoms with van der Waals surface area (Å²) >= 11 is 0. The van der Waals surface area contributed by atoms with Gasteiger partial charge in [0.15, 0.2) is 0 Å². The lowest BCUT2D eigenvalue weighted by Crippen LogP contribution is -2.40. The van der Waals surface area contributed by atoms with Crippen LogP contribution in [0.4, 0.5) is 0 Å². The Morgan fingerprint density at radius 3 is 1.46 bits per heavy atom. The second kappa shape index (κ2) is 13.2. The fourth-order valence-electron chi connectivity index (χ4n) is 0.236. The lowest BCUT2D eigenvalue weighted by molar-refractivity contribution is -0.325. The van der Waals surface area contributed by atoms with Gasteiger partial charge in [-0.3, -0.25) is 0 Å².